The molecule has 2 bridgehead atoms. The molecule has 218 valence electrons. The molecule has 40 heavy (non-hydrogen) atoms. The van der Waals surface area contributed by atoms with Crippen LogP contribution in [0.15, 0.2) is 35.7 Å². The lowest BCUT2D eigenvalue weighted by Gasteiger charge is -2.38. The molecule has 1 aliphatic heterocycles. The fourth-order valence-electron chi connectivity index (χ4n) is 6.84. The second kappa shape index (κ2) is 11.3. The van der Waals surface area contributed by atoms with E-state index in [2.05, 4.69) is 0 Å². The Labute approximate surface area is 240 Å². The van der Waals surface area contributed by atoms with Gasteiger partial charge >= 0.3 is 0 Å². The summed E-state index contributed by atoms with van der Waals surface area (Å²) in [7, 11) is -3.98. The van der Waals surface area contributed by atoms with Gasteiger partial charge in [-0.25, -0.2) is 12.8 Å². The number of thiophene rings is 1. The predicted octanol–water partition coefficient (Wildman–Crippen LogP) is 4.93. The van der Waals surface area contributed by atoms with Gasteiger partial charge in [0.25, 0.3) is 0 Å². The lowest BCUT2D eigenvalue weighted by molar-refractivity contribution is -0.132. The third-order valence-corrected chi connectivity index (χ3v) is 12.6. The maximum Gasteiger partial charge on any atom is 0.238 e. The first-order valence-electron chi connectivity index (χ1n) is 14.1. The molecule has 1 aromatic heterocycles. The molecule has 2 aromatic rings. The minimum atomic E-state index is -3.98. The summed E-state index contributed by atoms with van der Waals surface area (Å²) in [4.78, 5) is 29.7. The van der Waals surface area contributed by atoms with Crippen LogP contribution in [-0.4, -0.2) is 60.9 Å². The number of carbonyl (C=O) groups excluding carboxylic acids is 2. The Hall–Kier alpha value is -2.14. The van der Waals surface area contributed by atoms with Crippen LogP contribution in [0.5, 0.6) is 0 Å². The van der Waals surface area contributed by atoms with Crippen molar-refractivity contribution in [1.29, 1.82) is 0 Å². The van der Waals surface area contributed by atoms with Gasteiger partial charge in [-0.2, -0.15) is 4.31 Å². The quantitative estimate of drug-likeness (QED) is 0.371. The summed E-state index contributed by atoms with van der Waals surface area (Å²) >= 11 is 1.54. The van der Waals surface area contributed by atoms with Crippen LogP contribution < -0.4 is 0 Å². The van der Waals surface area contributed by atoms with E-state index < -0.39 is 20.9 Å². The maximum atomic E-state index is 14.1. The Morgan fingerprint density at radius 1 is 1.15 bits per heavy atom. The first-order valence-corrected chi connectivity index (χ1v) is 16.6. The van der Waals surface area contributed by atoms with E-state index in [4.69, 9.17) is 4.74 Å². The zero-order chi connectivity index (χ0) is 28.7. The largest absolute Gasteiger partial charge is 0.377 e. The molecule has 3 fully saturated rings. The van der Waals surface area contributed by atoms with Crippen LogP contribution >= 0.6 is 11.3 Å². The maximum absolute atomic E-state index is 14.1. The average molecular weight is 591 g/mol. The Morgan fingerprint density at radius 2 is 1.90 bits per heavy atom. The monoisotopic (exact) mass is 590 g/mol. The molecule has 3 aliphatic rings. The Bertz CT molecular complexity index is 1350. The number of ketones is 1. The van der Waals surface area contributed by atoms with Crippen LogP contribution in [0.4, 0.5) is 4.39 Å². The van der Waals surface area contributed by atoms with Crippen LogP contribution in [0.25, 0.3) is 0 Å². The molecule has 1 amide bonds. The minimum Gasteiger partial charge on any atom is -0.377 e. The molecule has 7 nitrogen and oxygen atoms in total. The number of hydrogen-bond acceptors (Lipinski definition) is 6. The lowest BCUT2D eigenvalue weighted by Crippen LogP contribution is -2.50. The average Bonchev–Trinajstić information content (AvgIpc) is 3.64. The van der Waals surface area contributed by atoms with Gasteiger partial charge in [0.1, 0.15) is 11.6 Å². The highest BCUT2D eigenvalue weighted by molar-refractivity contribution is 7.89. The Kier molecular flexibility index (Phi) is 8.27. The number of halogens is 1. The number of ether oxygens (including phenoxy) is 1. The molecule has 0 spiro atoms. The highest BCUT2D eigenvalue weighted by Gasteiger charge is 2.65. The van der Waals surface area contributed by atoms with Gasteiger partial charge in [-0.15, -0.1) is 11.3 Å². The normalized spacial score (nSPS) is 25.7. The van der Waals surface area contributed by atoms with E-state index in [1.807, 2.05) is 32.2 Å². The second-order valence-corrected chi connectivity index (χ2v) is 15.2. The summed E-state index contributed by atoms with van der Waals surface area (Å²) in [5.74, 6) is -0.736. The third kappa shape index (κ3) is 5.65. The van der Waals surface area contributed by atoms with Crippen LogP contribution in [0.3, 0.4) is 0 Å². The molecule has 0 radical (unpaired) electrons. The van der Waals surface area contributed by atoms with Crippen LogP contribution in [0.1, 0.15) is 62.0 Å². The number of aryl methyl sites for hydroxylation is 1. The molecule has 3 atom stereocenters. The van der Waals surface area contributed by atoms with Gasteiger partial charge in [-0.05, 0) is 78.6 Å². The van der Waals surface area contributed by atoms with E-state index >= 15 is 0 Å². The zero-order valence-corrected chi connectivity index (χ0v) is 25.2. The molecule has 1 aromatic carbocycles. The van der Waals surface area contributed by atoms with Crippen molar-refractivity contribution in [2.24, 2.45) is 16.7 Å². The number of sulfonamides is 1. The smallest absolute Gasteiger partial charge is 0.238 e. The van der Waals surface area contributed by atoms with Gasteiger partial charge in [-0.3, -0.25) is 9.59 Å². The molecule has 10 heteroatoms. The summed E-state index contributed by atoms with van der Waals surface area (Å²) < 4.78 is 48.9. The Balaban J connectivity index is 1.41. The zero-order valence-electron chi connectivity index (χ0n) is 23.5. The summed E-state index contributed by atoms with van der Waals surface area (Å²) in [6, 6.07) is 7.99. The van der Waals surface area contributed by atoms with Crippen molar-refractivity contribution in [2.45, 2.75) is 72.1 Å². The first kappa shape index (κ1) is 29.4. The molecule has 1 saturated heterocycles. The van der Waals surface area contributed by atoms with E-state index in [0.717, 1.165) is 35.3 Å². The number of benzene rings is 1. The van der Waals surface area contributed by atoms with Crippen LogP contribution in [0.2, 0.25) is 0 Å². The standard InChI is InChI=1S/C30H39FN2O5S2/c1-21-11-14-39-26(21)18-32(16-22-6-8-24(31)9-7-22)28(35)19-33(17-25-5-4-13-38-25)40(36,37)20-30-12-10-23(15-27(30)34)29(30,2)3/h6-9,11,14,23,25H,4-5,10,12-13,15-20H2,1-3H3. The Morgan fingerprint density at radius 3 is 2.48 bits per heavy atom. The summed E-state index contributed by atoms with van der Waals surface area (Å²) in [6.45, 7) is 6.90. The van der Waals surface area contributed by atoms with Gasteiger partial charge in [-0.1, -0.05) is 26.0 Å². The van der Waals surface area contributed by atoms with Crippen LogP contribution in [-0.2, 0) is 37.4 Å². The highest BCUT2D eigenvalue weighted by atomic mass is 32.2. The van der Waals surface area contributed by atoms with Crippen molar-refractivity contribution in [2.75, 3.05) is 25.4 Å². The lowest BCUT2D eigenvalue weighted by atomic mass is 9.70. The van der Waals surface area contributed by atoms with Gasteiger partial charge in [0.15, 0.2) is 0 Å². The minimum absolute atomic E-state index is 0.0341. The first-order chi connectivity index (χ1) is 18.9. The van der Waals surface area contributed by atoms with Crippen molar-refractivity contribution in [3.05, 3.63) is 57.5 Å². The third-order valence-electron chi connectivity index (χ3n) is 9.65. The van der Waals surface area contributed by atoms with Gasteiger partial charge in [0, 0.05) is 36.4 Å². The number of rotatable bonds is 11. The van der Waals surface area contributed by atoms with Gasteiger partial charge in [0.05, 0.1) is 24.9 Å². The van der Waals surface area contributed by atoms with E-state index in [1.165, 1.54) is 16.4 Å². The predicted molar refractivity (Wildman–Crippen MR) is 153 cm³/mol. The molecule has 3 unspecified atom stereocenters. The van der Waals surface area contributed by atoms with E-state index in [9.17, 15) is 22.4 Å². The number of amides is 1. The summed E-state index contributed by atoms with van der Waals surface area (Å²) in [5, 5.41) is 1.97. The molecule has 2 heterocycles. The molecule has 2 aliphatic carbocycles. The molecular formula is C30H39FN2O5S2. The van der Waals surface area contributed by atoms with Crippen LogP contribution in [0, 0.1) is 29.5 Å². The SMILES string of the molecule is Cc1ccsc1CN(Cc1ccc(F)cc1)C(=O)CN(CC1CCCO1)S(=O)(=O)CC12CCC(CC1=O)C2(C)C. The fourth-order valence-corrected chi connectivity index (χ4v) is 9.94. The van der Waals surface area contributed by atoms with Crippen molar-refractivity contribution in [3.8, 4) is 0 Å². The molecule has 5 rings (SSSR count). The topological polar surface area (TPSA) is 84.0 Å². The van der Waals surface area contributed by atoms with E-state index in [1.54, 1.807) is 28.4 Å². The van der Waals surface area contributed by atoms with E-state index in [0.29, 0.717) is 26.0 Å². The van der Waals surface area contributed by atoms with Crippen molar-refractivity contribution >= 4 is 33.1 Å². The number of nitrogens with zero attached hydrogens (tertiary/aromatic N) is 2. The molecule has 2 saturated carbocycles. The number of Topliss-reactive ketones (excluding diaryl/α,β-unsaturated/α-hetero) is 1. The number of fused-ring (bicyclic) bond motifs is 2. The van der Waals surface area contributed by atoms with Crippen molar-refractivity contribution in [3.63, 3.8) is 0 Å². The number of carbonyl (C=O) groups is 2. The summed E-state index contributed by atoms with van der Waals surface area (Å²) in [5.41, 5.74) is 0.493. The van der Waals surface area contributed by atoms with Crippen molar-refractivity contribution < 1.29 is 27.1 Å². The molecule has 0 N–H and O–H groups in total. The highest BCUT2D eigenvalue weighted by Crippen LogP contribution is 2.64. The summed E-state index contributed by atoms with van der Waals surface area (Å²) in [6.07, 6.45) is 3.14. The van der Waals surface area contributed by atoms with Crippen molar-refractivity contribution in [1.82, 2.24) is 9.21 Å². The van der Waals surface area contributed by atoms with E-state index in [-0.39, 0.29) is 54.9 Å². The second-order valence-electron chi connectivity index (χ2n) is 12.3. The molecular weight excluding hydrogens is 551 g/mol. The number of hydrogen-bond donors (Lipinski definition) is 0. The van der Waals surface area contributed by atoms with Gasteiger partial charge in [0.2, 0.25) is 15.9 Å². The van der Waals surface area contributed by atoms with Gasteiger partial charge < -0.3 is 9.64 Å². The fraction of sp³-hybridized carbons (Fsp3) is 0.600.